The van der Waals surface area contributed by atoms with E-state index in [-0.39, 0.29) is 5.91 Å². The average molecular weight is 351 g/mol. The normalized spacial score (nSPS) is 10.0. The lowest BCUT2D eigenvalue weighted by molar-refractivity contribution is 0.102. The fraction of sp³-hybridized carbons (Fsp3) is 0.133. The second kappa shape index (κ2) is 6.49. The van der Waals surface area contributed by atoms with Crippen molar-refractivity contribution in [1.29, 1.82) is 0 Å². The molecule has 110 valence electrons. The summed E-state index contributed by atoms with van der Waals surface area (Å²) in [7, 11) is 3.09. The number of hydrogen-bond acceptors (Lipinski definition) is 4. The summed E-state index contributed by atoms with van der Waals surface area (Å²) >= 11 is 3.31. The van der Waals surface area contributed by atoms with Crippen LogP contribution in [0.2, 0.25) is 0 Å². The lowest BCUT2D eigenvalue weighted by Crippen LogP contribution is -2.14. The van der Waals surface area contributed by atoms with Gasteiger partial charge >= 0.3 is 0 Å². The summed E-state index contributed by atoms with van der Waals surface area (Å²) in [6.45, 7) is 0. The zero-order valence-electron chi connectivity index (χ0n) is 11.6. The molecule has 0 atom stereocenters. The van der Waals surface area contributed by atoms with Crippen LogP contribution in [0.25, 0.3) is 0 Å². The molecule has 0 heterocycles. The number of carbonyl (C=O) groups excluding carboxylic acids is 1. The molecule has 0 fully saturated rings. The van der Waals surface area contributed by atoms with Gasteiger partial charge in [0.25, 0.3) is 5.91 Å². The largest absolute Gasteiger partial charge is 0.497 e. The number of nitrogens with two attached hydrogens (primary N) is 1. The van der Waals surface area contributed by atoms with E-state index in [9.17, 15) is 4.79 Å². The standard InChI is InChI=1S/C15H15BrN2O3/c1-20-10-4-6-14(21-2)13(8-10)18-15(19)11-5-3-9(16)7-12(11)17/h3-8H,17H2,1-2H3,(H,18,19). The Balaban J connectivity index is 2.30. The van der Waals surface area contributed by atoms with Gasteiger partial charge in [-0.05, 0) is 30.3 Å². The van der Waals surface area contributed by atoms with E-state index in [4.69, 9.17) is 15.2 Å². The van der Waals surface area contributed by atoms with Crippen molar-refractivity contribution in [3.63, 3.8) is 0 Å². The van der Waals surface area contributed by atoms with Gasteiger partial charge in [0.05, 0.1) is 25.5 Å². The molecule has 2 rings (SSSR count). The third kappa shape index (κ3) is 3.46. The van der Waals surface area contributed by atoms with Crippen molar-refractivity contribution in [3.05, 3.63) is 46.4 Å². The minimum atomic E-state index is -0.313. The van der Waals surface area contributed by atoms with E-state index in [2.05, 4.69) is 21.2 Å². The molecule has 0 radical (unpaired) electrons. The highest BCUT2D eigenvalue weighted by Gasteiger charge is 2.13. The highest BCUT2D eigenvalue weighted by Crippen LogP contribution is 2.30. The number of nitrogens with one attached hydrogen (secondary N) is 1. The van der Waals surface area contributed by atoms with Crippen LogP contribution in [0.5, 0.6) is 11.5 Å². The number of carbonyl (C=O) groups is 1. The van der Waals surface area contributed by atoms with Crippen LogP contribution in [0.3, 0.4) is 0 Å². The molecule has 0 saturated heterocycles. The van der Waals surface area contributed by atoms with Crippen LogP contribution in [0.1, 0.15) is 10.4 Å². The molecule has 0 bridgehead atoms. The highest BCUT2D eigenvalue weighted by molar-refractivity contribution is 9.10. The minimum absolute atomic E-state index is 0.313. The maximum Gasteiger partial charge on any atom is 0.257 e. The SMILES string of the molecule is COc1ccc(OC)c(NC(=O)c2ccc(Br)cc2N)c1. The van der Waals surface area contributed by atoms with Gasteiger partial charge in [-0.1, -0.05) is 15.9 Å². The minimum Gasteiger partial charge on any atom is -0.497 e. The molecule has 3 N–H and O–H groups in total. The van der Waals surface area contributed by atoms with Gasteiger partial charge in [0.2, 0.25) is 0 Å². The van der Waals surface area contributed by atoms with Gasteiger partial charge in [-0.25, -0.2) is 0 Å². The Labute approximate surface area is 131 Å². The Morgan fingerprint density at radius 2 is 1.90 bits per heavy atom. The molecule has 21 heavy (non-hydrogen) atoms. The van der Waals surface area contributed by atoms with Crippen molar-refractivity contribution in [2.75, 3.05) is 25.3 Å². The van der Waals surface area contributed by atoms with Gasteiger partial charge in [0.15, 0.2) is 0 Å². The van der Waals surface area contributed by atoms with Crippen LogP contribution in [-0.2, 0) is 0 Å². The zero-order chi connectivity index (χ0) is 15.4. The van der Waals surface area contributed by atoms with Gasteiger partial charge in [-0.3, -0.25) is 4.79 Å². The topological polar surface area (TPSA) is 73.6 Å². The lowest BCUT2D eigenvalue weighted by atomic mass is 10.1. The summed E-state index contributed by atoms with van der Waals surface area (Å²) in [4.78, 5) is 12.3. The van der Waals surface area contributed by atoms with Crippen LogP contribution >= 0.6 is 15.9 Å². The molecule has 0 saturated carbocycles. The molecule has 6 heteroatoms. The second-order valence-corrected chi connectivity index (χ2v) is 5.17. The summed E-state index contributed by atoms with van der Waals surface area (Å²) in [5.74, 6) is 0.848. The Morgan fingerprint density at radius 3 is 2.52 bits per heavy atom. The summed E-state index contributed by atoms with van der Waals surface area (Å²) < 4.78 is 11.2. The second-order valence-electron chi connectivity index (χ2n) is 4.25. The molecular weight excluding hydrogens is 336 g/mol. The first-order chi connectivity index (χ1) is 10.0. The van der Waals surface area contributed by atoms with E-state index in [1.54, 1.807) is 43.5 Å². The maximum atomic E-state index is 12.3. The van der Waals surface area contributed by atoms with E-state index in [0.29, 0.717) is 28.4 Å². The Hall–Kier alpha value is -2.21. The van der Waals surface area contributed by atoms with Crippen molar-refractivity contribution in [2.24, 2.45) is 0 Å². The number of hydrogen-bond donors (Lipinski definition) is 2. The molecule has 2 aromatic carbocycles. The van der Waals surface area contributed by atoms with E-state index >= 15 is 0 Å². The van der Waals surface area contributed by atoms with Gasteiger partial charge in [0.1, 0.15) is 11.5 Å². The van der Waals surface area contributed by atoms with Crippen molar-refractivity contribution < 1.29 is 14.3 Å². The van der Waals surface area contributed by atoms with Crippen molar-refractivity contribution >= 4 is 33.2 Å². The number of amides is 1. The van der Waals surface area contributed by atoms with Gasteiger partial charge in [-0.15, -0.1) is 0 Å². The first-order valence-electron chi connectivity index (χ1n) is 6.13. The van der Waals surface area contributed by atoms with Crippen LogP contribution in [0.4, 0.5) is 11.4 Å². The summed E-state index contributed by atoms with van der Waals surface area (Å²) in [5.41, 5.74) is 7.16. The number of ether oxygens (including phenoxy) is 2. The van der Waals surface area contributed by atoms with E-state index in [1.807, 2.05) is 0 Å². The fourth-order valence-electron chi connectivity index (χ4n) is 1.84. The predicted octanol–water partition coefficient (Wildman–Crippen LogP) is 3.30. The fourth-order valence-corrected chi connectivity index (χ4v) is 2.22. The van der Waals surface area contributed by atoms with Crippen LogP contribution in [0.15, 0.2) is 40.9 Å². The van der Waals surface area contributed by atoms with E-state index < -0.39 is 0 Å². The molecule has 0 aromatic heterocycles. The smallest absolute Gasteiger partial charge is 0.257 e. The van der Waals surface area contributed by atoms with E-state index in [1.165, 1.54) is 7.11 Å². The molecule has 0 spiro atoms. The number of rotatable bonds is 4. The number of nitrogen functional groups attached to an aromatic ring is 1. The quantitative estimate of drug-likeness (QED) is 0.829. The van der Waals surface area contributed by atoms with Crippen molar-refractivity contribution in [3.8, 4) is 11.5 Å². The Kier molecular flexibility index (Phi) is 4.70. The lowest BCUT2D eigenvalue weighted by Gasteiger charge is -2.12. The Morgan fingerprint density at radius 1 is 1.14 bits per heavy atom. The third-order valence-corrected chi connectivity index (χ3v) is 3.41. The Bertz CT molecular complexity index is 674. The van der Waals surface area contributed by atoms with Crippen LogP contribution in [-0.4, -0.2) is 20.1 Å². The first-order valence-corrected chi connectivity index (χ1v) is 6.93. The molecule has 0 aliphatic heterocycles. The molecular formula is C15H15BrN2O3. The molecule has 2 aromatic rings. The average Bonchev–Trinajstić information content (AvgIpc) is 2.46. The van der Waals surface area contributed by atoms with E-state index in [0.717, 1.165) is 4.47 Å². The molecule has 5 nitrogen and oxygen atoms in total. The van der Waals surface area contributed by atoms with Crippen molar-refractivity contribution in [1.82, 2.24) is 0 Å². The maximum absolute atomic E-state index is 12.3. The van der Waals surface area contributed by atoms with Gasteiger partial charge in [0, 0.05) is 16.2 Å². The van der Waals surface area contributed by atoms with Crippen LogP contribution in [0, 0.1) is 0 Å². The molecule has 0 unspecified atom stereocenters. The molecule has 0 aliphatic rings. The number of benzene rings is 2. The predicted molar refractivity (Wildman–Crippen MR) is 86.1 cm³/mol. The van der Waals surface area contributed by atoms with Gasteiger partial charge in [-0.2, -0.15) is 0 Å². The zero-order valence-corrected chi connectivity index (χ0v) is 13.2. The van der Waals surface area contributed by atoms with Crippen LogP contribution < -0.4 is 20.5 Å². The third-order valence-electron chi connectivity index (χ3n) is 2.91. The number of halogens is 1. The first kappa shape index (κ1) is 15.2. The number of anilines is 2. The number of methoxy groups -OCH3 is 2. The van der Waals surface area contributed by atoms with Gasteiger partial charge < -0.3 is 20.5 Å². The summed E-state index contributed by atoms with van der Waals surface area (Å²) in [6.07, 6.45) is 0. The van der Waals surface area contributed by atoms with Crippen molar-refractivity contribution in [2.45, 2.75) is 0 Å². The molecule has 1 amide bonds. The summed E-state index contributed by atoms with van der Waals surface area (Å²) in [5, 5.41) is 2.77. The molecule has 0 aliphatic carbocycles. The highest BCUT2D eigenvalue weighted by atomic mass is 79.9. The monoisotopic (exact) mass is 350 g/mol. The summed E-state index contributed by atoms with van der Waals surface area (Å²) in [6, 6.07) is 10.3.